The first-order valence-corrected chi connectivity index (χ1v) is 7.32. The summed E-state index contributed by atoms with van der Waals surface area (Å²) in [5.41, 5.74) is 14.3. The normalized spacial score (nSPS) is 14.9. The van der Waals surface area contributed by atoms with E-state index in [1.807, 2.05) is 18.2 Å². The van der Waals surface area contributed by atoms with Crippen molar-refractivity contribution in [2.24, 2.45) is 0 Å². The molecular formula is C16H18N6. The highest BCUT2D eigenvalue weighted by molar-refractivity contribution is 5.73. The number of nitrogens with zero attached hydrogens (tertiary/aromatic N) is 4. The van der Waals surface area contributed by atoms with Gasteiger partial charge in [0, 0.05) is 12.1 Å². The van der Waals surface area contributed by atoms with Crippen LogP contribution in [0.15, 0.2) is 24.3 Å². The van der Waals surface area contributed by atoms with Gasteiger partial charge < -0.3 is 11.5 Å². The Balaban J connectivity index is 1.97. The molecule has 1 aromatic heterocycles. The van der Waals surface area contributed by atoms with Gasteiger partial charge in [0.05, 0.1) is 5.69 Å². The average Bonchev–Trinajstić information content (AvgIpc) is 3.00. The number of nitriles is 1. The number of benzene rings is 1. The van der Waals surface area contributed by atoms with Gasteiger partial charge >= 0.3 is 0 Å². The summed E-state index contributed by atoms with van der Waals surface area (Å²) in [6, 6.07) is 10.1. The van der Waals surface area contributed by atoms with Gasteiger partial charge in [0.25, 0.3) is 0 Å². The van der Waals surface area contributed by atoms with Crippen LogP contribution in [0.25, 0.3) is 11.3 Å². The number of rotatable bonds is 3. The molecule has 112 valence electrons. The Morgan fingerprint density at radius 1 is 1.18 bits per heavy atom. The van der Waals surface area contributed by atoms with Gasteiger partial charge in [0.1, 0.15) is 17.5 Å². The van der Waals surface area contributed by atoms with E-state index in [0.717, 1.165) is 25.2 Å². The second kappa shape index (κ2) is 6.00. The van der Waals surface area contributed by atoms with E-state index in [-0.39, 0.29) is 17.3 Å². The van der Waals surface area contributed by atoms with Crippen LogP contribution in [-0.4, -0.2) is 28.0 Å². The van der Waals surface area contributed by atoms with Crippen LogP contribution in [0.1, 0.15) is 24.0 Å². The van der Waals surface area contributed by atoms with Crippen LogP contribution in [0, 0.1) is 11.3 Å². The van der Waals surface area contributed by atoms with Crippen molar-refractivity contribution in [1.82, 2.24) is 14.9 Å². The molecule has 4 N–H and O–H groups in total. The van der Waals surface area contributed by atoms with Gasteiger partial charge in [-0.15, -0.1) is 0 Å². The summed E-state index contributed by atoms with van der Waals surface area (Å²) in [4.78, 5) is 10.5. The molecule has 0 radical (unpaired) electrons. The Morgan fingerprint density at radius 2 is 1.95 bits per heavy atom. The number of likely N-dealkylation sites (tertiary alicyclic amines) is 1. The van der Waals surface area contributed by atoms with Crippen LogP contribution in [-0.2, 0) is 6.54 Å². The fourth-order valence-electron chi connectivity index (χ4n) is 2.83. The van der Waals surface area contributed by atoms with E-state index in [2.05, 4.69) is 27.0 Å². The summed E-state index contributed by atoms with van der Waals surface area (Å²) >= 11 is 0. The van der Waals surface area contributed by atoms with Gasteiger partial charge in [-0.3, -0.25) is 4.90 Å². The minimum Gasteiger partial charge on any atom is -0.382 e. The summed E-state index contributed by atoms with van der Waals surface area (Å²) in [6.45, 7) is 3.19. The molecule has 0 atom stereocenters. The van der Waals surface area contributed by atoms with E-state index >= 15 is 0 Å². The molecule has 1 fully saturated rings. The second-order valence-electron chi connectivity index (χ2n) is 5.49. The maximum atomic E-state index is 9.29. The summed E-state index contributed by atoms with van der Waals surface area (Å²) < 4.78 is 0. The van der Waals surface area contributed by atoms with Crippen molar-refractivity contribution in [3.05, 3.63) is 35.4 Å². The molecule has 0 amide bonds. The molecule has 3 rings (SSSR count). The van der Waals surface area contributed by atoms with Gasteiger partial charge in [-0.1, -0.05) is 18.2 Å². The molecule has 0 bridgehead atoms. The van der Waals surface area contributed by atoms with Crippen molar-refractivity contribution >= 4 is 11.8 Å². The lowest BCUT2D eigenvalue weighted by atomic mass is 10.0. The maximum absolute atomic E-state index is 9.29. The lowest BCUT2D eigenvalue weighted by Gasteiger charge is -2.15. The first kappa shape index (κ1) is 14.3. The van der Waals surface area contributed by atoms with Crippen molar-refractivity contribution in [3.8, 4) is 17.3 Å². The van der Waals surface area contributed by atoms with Crippen molar-refractivity contribution in [1.29, 1.82) is 5.26 Å². The minimum atomic E-state index is 0.0800. The van der Waals surface area contributed by atoms with Crippen LogP contribution in [0.2, 0.25) is 0 Å². The van der Waals surface area contributed by atoms with Crippen molar-refractivity contribution < 1.29 is 0 Å². The lowest BCUT2D eigenvalue weighted by Crippen LogP contribution is -2.18. The SMILES string of the molecule is N#Cc1c(N)nc(N)nc1-c1cccc(CN2CCCC2)c1. The molecule has 0 saturated carbocycles. The molecule has 22 heavy (non-hydrogen) atoms. The van der Waals surface area contributed by atoms with Crippen LogP contribution in [0.4, 0.5) is 11.8 Å². The number of nitrogens with two attached hydrogens (primary N) is 2. The molecular weight excluding hydrogens is 276 g/mol. The molecule has 6 heteroatoms. The molecule has 0 aliphatic carbocycles. The third kappa shape index (κ3) is 2.85. The number of hydrogen-bond donors (Lipinski definition) is 2. The summed E-state index contributed by atoms with van der Waals surface area (Å²) in [5, 5.41) is 9.29. The second-order valence-corrected chi connectivity index (χ2v) is 5.49. The smallest absolute Gasteiger partial charge is 0.222 e. The van der Waals surface area contributed by atoms with E-state index in [1.54, 1.807) is 0 Å². The summed E-state index contributed by atoms with van der Waals surface area (Å²) in [6.07, 6.45) is 2.52. The molecule has 1 aromatic carbocycles. The summed E-state index contributed by atoms with van der Waals surface area (Å²) in [5.74, 6) is 0.200. The third-order valence-electron chi connectivity index (χ3n) is 3.87. The molecule has 6 nitrogen and oxygen atoms in total. The van der Waals surface area contributed by atoms with Gasteiger partial charge in [-0.05, 0) is 37.6 Å². The van der Waals surface area contributed by atoms with Gasteiger partial charge in [0.15, 0.2) is 0 Å². The van der Waals surface area contributed by atoms with Gasteiger partial charge in [-0.2, -0.15) is 10.2 Å². The van der Waals surface area contributed by atoms with Crippen LogP contribution >= 0.6 is 0 Å². The van der Waals surface area contributed by atoms with Crippen LogP contribution in [0.3, 0.4) is 0 Å². The highest BCUT2D eigenvalue weighted by atomic mass is 15.1. The largest absolute Gasteiger partial charge is 0.382 e. The predicted molar refractivity (Wildman–Crippen MR) is 85.5 cm³/mol. The zero-order chi connectivity index (χ0) is 15.5. The molecule has 0 unspecified atom stereocenters. The van der Waals surface area contributed by atoms with E-state index in [4.69, 9.17) is 11.5 Å². The van der Waals surface area contributed by atoms with E-state index < -0.39 is 0 Å². The Hall–Kier alpha value is -2.65. The fourth-order valence-corrected chi connectivity index (χ4v) is 2.83. The monoisotopic (exact) mass is 294 g/mol. The average molecular weight is 294 g/mol. The zero-order valence-corrected chi connectivity index (χ0v) is 12.3. The number of anilines is 2. The summed E-state index contributed by atoms with van der Waals surface area (Å²) in [7, 11) is 0. The van der Waals surface area contributed by atoms with Gasteiger partial charge in [0.2, 0.25) is 5.95 Å². The molecule has 1 aliphatic rings. The topological polar surface area (TPSA) is 105 Å². The maximum Gasteiger partial charge on any atom is 0.222 e. The first-order chi connectivity index (χ1) is 10.7. The lowest BCUT2D eigenvalue weighted by molar-refractivity contribution is 0.331. The van der Waals surface area contributed by atoms with E-state index in [0.29, 0.717) is 5.69 Å². The quantitative estimate of drug-likeness (QED) is 0.894. The minimum absolute atomic E-state index is 0.0800. The molecule has 0 spiro atoms. The number of aromatic nitrogens is 2. The Bertz CT molecular complexity index is 728. The molecule has 1 aliphatic heterocycles. The van der Waals surface area contributed by atoms with Gasteiger partial charge in [-0.25, -0.2) is 4.98 Å². The first-order valence-electron chi connectivity index (χ1n) is 7.32. The highest BCUT2D eigenvalue weighted by Crippen LogP contribution is 2.26. The van der Waals surface area contributed by atoms with Crippen LogP contribution in [0.5, 0.6) is 0 Å². The molecule has 2 aromatic rings. The van der Waals surface area contributed by atoms with Crippen molar-refractivity contribution in [2.75, 3.05) is 24.6 Å². The highest BCUT2D eigenvalue weighted by Gasteiger charge is 2.15. The van der Waals surface area contributed by atoms with E-state index in [9.17, 15) is 5.26 Å². The van der Waals surface area contributed by atoms with Crippen molar-refractivity contribution in [2.45, 2.75) is 19.4 Å². The molecule has 1 saturated heterocycles. The standard InChI is InChI=1S/C16H18N6/c17-9-13-14(20-16(19)21-15(13)18)12-5-3-4-11(8-12)10-22-6-1-2-7-22/h3-5,8H,1-2,6-7,10H2,(H4,18,19,20,21). The number of hydrogen-bond acceptors (Lipinski definition) is 6. The number of nitrogen functional groups attached to an aromatic ring is 2. The Labute approximate surface area is 129 Å². The van der Waals surface area contributed by atoms with Crippen LogP contribution < -0.4 is 11.5 Å². The fraction of sp³-hybridized carbons (Fsp3) is 0.312. The Kier molecular flexibility index (Phi) is 3.90. The van der Waals surface area contributed by atoms with Crippen molar-refractivity contribution in [3.63, 3.8) is 0 Å². The molecule has 2 heterocycles. The zero-order valence-electron chi connectivity index (χ0n) is 12.3. The third-order valence-corrected chi connectivity index (χ3v) is 3.87. The predicted octanol–water partition coefficient (Wildman–Crippen LogP) is 1.78. The van der Waals surface area contributed by atoms with E-state index in [1.165, 1.54) is 18.4 Å². The Morgan fingerprint density at radius 3 is 2.68 bits per heavy atom.